The SMILES string of the molecule is O=C(CNCc1ccc(C2=NCCN2C(=O)O)cc1)CNC(=O)CNCS(=O)(=O)c1ccc(Cl)cc1Cl. The molecule has 0 radical (unpaired) electrons. The van der Waals surface area contributed by atoms with E-state index < -0.39 is 27.7 Å². The van der Waals surface area contributed by atoms with Crippen LogP contribution in [0.4, 0.5) is 4.79 Å². The average molecular weight is 570 g/mol. The number of hydrogen-bond donors (Lipinski definition) is 4. The van der Waals surface area contributed by atoms with Crippen molar-refractivity contribution in [3.8, 4) is 0 Å². The van der Waals surface area contributed by atoms with Crippen LogP contribution in [0.2, 0.25) is 10.0 Å². The van der Waals surface area contributed by atoms with Crippen LogP contribution in [0.3, 0.4) is 0 Å². The number of amidine groups is 1. The summed E-state index contributed by atoms with van der Waals surface area (Å²) in [6.45, 7) is 0.645. The minimum absolute atomic E-state index is 0.0123. The van der Waals surface area contributed by atoms with Crippen molar-refractivity contribution in [2.24, 2.45) is 4.99 Å². The van der Waals surface area contributed by atoms with E-state index in [2.05, 4.69) is 20.9 Å². The summed E-state index contributed by atoms with van der Waals surface area (Å²) in [7, 11) is -3.78. The molecule has 0 bridgehead atoms. The van der Waals surface area contributed by atoms with Gasteiger partial charge in [0.2, 0.25) is 5.91 Å². The second kappa shape index (κ2) is 13.0. The van der Waals surface area contributed by atoms with Crippen molar-refractivity contribution in [1.82, 2.24) is 20.9 Å². The summed E-state index contributed by atoms with van der Waals surface area (Å²) in [6, 6.07) is 11.2. The molecule has 2 amide bonds. The quantitative estimate of drug-likeness (QED) is 0.299. The molecule has 0 spiro atoms. The Balaban J connectivity index is 1.34. The van der Waals surface area contributed by atoms with Gasteiger partial charge in [-0.15, -0.1) is 0 Å². The number of sulfone groups is 1. The largest absolute Gasteiger partial charge is 0.465 e. The fourth-order valence-corrected chi connectivity index (χ4v) is 5.34. The lowest BCUT2D eigenvalue weighted by Gasteiger charge is -2.14. The van der Waals surface area contributed by atoms with Crippen LogP contribution in [0.5, 0.6) is 0 Å². The number of halogens is 2. The van der Waals surface area contributed by atoms with Gasteiger partial charge in [0.25, 0.3) is 0 Å². The molecular weight excluding hydrogens is 545 g/mol. The van der Waals surface area contributed by atoms with E-state index in [1.807, 2.05) is 12.1 Å². The van der Waals surface area contributed by atoms with Crippen LogP contribution in [0, 0.1) is 0 Å². The third kappa shape index (κ3) is 8.23. The van der Waals surface area contributed by atoms with Gasteiger partial charge in [-0.3, -0.25) is 24.8 Å². The monoisotopic (exact) mass is 569 g/mol. The van der Waals surface area contributed by atoms with Gasteiger partial charge in [0.1, 0.15) is 11.7 Å². The number of nitrogens with one attached hydrogen (secondary N) is 3. The smallest absolute Gasteiger partial charge is 0.413 e. The van der Waals surface area contributed by atoms with Crippen molar-refractivity contribution in [3.05, 3.63) is 63.6 Å². The maximum atomic E-state index is 12.4. The summed E-state index contributed by atoms with van der Waals surface area (Å²) in [5.41, 5.74) is 1.58. The molecule has 1 aliphatic heterocycles. The highest BCUT2D eigenvalue weighted by atomic mass is 35.5. The Labute approximate surface area is 223 Å². The topological polar surface area (TPSA) is 157 Å². The molecule has 0 saturated carbocycles. The Bertz CT molecular complexity index is 1300. The van der Waals surface area contributed by atoms with E-state index in [0.717, 1.165) is 5.56 Å². The zero-order valence-corrected chi connectivity index (χ0v) is 21.9. The van der Waals surface area contributed by atoms with Gasteiger partial charge < -0.3 is 15.7 Å². The lowest BCUT2D eigenvalue weighted by molar-refractivity contribution is -0.124. The molecule has 11 nitrogen and oxygen atoms in total. The van der Waals surface area contributed by atoms with E-state index in [0.29, 0.717) is 36.1 Å². The standard InChI is InChI=1S/C23H25Cl2N5O6S/c24-17-5-6-20(19(25)9-17)37(35,36)14-27-13-21(32)29-12-18(31)11-26-10-15-1-3-16(4-2-15)22-28-7-8-30(22)23(33)34/h1-6,9,26-27H,7-8,10-14H2,(H,29,32)(H,33,34). The van der Waals surface area contributed by atoms with E-state index in [-0.39, 0.29) is 35.3 Å². The van der Waals surface area contributed by atoms with E-state index in [1.54, 1.807) is 12.1 Å². The van der Waals surface area contributed by atoms with Gasteiger partial charge in [0, 0.05) is 17.1 Å². The number of carbonyl (C=O) groups excluding carboxylic acids is 2. The Morgan fingerprint density at radius 3 is 2.41 bits per heavy atom. The lowest BCUT2D eigenvalue weighted by atomic mass is 10.1. The molecule has 37 heavy (non-hydrogen) atoms. The second-order valence-electron chi connectivity index (χ2n) is 8.02. The number of aliphatic imine (C=N–C) groups is 1. The summed E-state index contributed by atoms with van der Waals surface area (Å²) in [5, 5.41) is 17.4. The molecule has 0 atom stereocenters. The zero-order valence-electron chi connectivity index (χ0n) is 19.5. The first-order valence-corrected chi connectivity index (χ1v) is 13.5. The maximum Gasteiger partial charge on any atom is 0.413 e. The fraction of sp³-hybridized carbons (Fsp3) is 0.304. The highest BCUT2D eigenvalue weighted by Crippen LogP contribution is 2.25. The minimum atomic E-state index is -3.78. The Morgan fingerprint density at radius 1 is 1.00 bits per heavy atom. The van der Waals surface area contributed by atoms with E-state index in [1.165, 1.54) is 23.1 Å². The van der Waals surface area contributed by atoms with Gasteiger partial charge in [-0.25, -0.2) is 13.2 Å². The molecule has 2 aromatic rings. The Kier molecular flexibility index (Phi) is 10.0. The van der Waals surface area contributed by atoms with Crippen LogP contribution < -0.4 is 16.0 Å². The Morgan fingerprint density at radius 2 is 1.73 bits per heavy atom. The highest BCUT2D eigenvalue weighted by Gasteiger charge is 2.24. The number of carboxylic acid groups (broad SMARTS) is 1. The van der Waals surface area contributed by atoms with Crippen molar-refractivity contribution in [1.29, 1.82) is 0 Å². The number of Topliss-reactive ketones (excluding diaryl/α,β-unsaturated/α-hetero) is 1. The average Bonchev–Trinajstić information content (AvgIpc) is 3.33. The molecule has 0 aliphatic carbocycles. The van der Waals surface area contributed by atoms with Gasteiger partial charge >= 0.3 is 6.09 Å². The first-order chi connectivity index (χ1) is 17.6. The predicted octanol–water partition coefficient (Wildman–Crippen LogP) is 1.53. The zero-order chi connectivity index (χ0) is 27.0. The van der Waals surface area contributed by atoms with Crippen LogP contribution in [0.15, 0.2) is 52.4 Å². The molecule has 0 aromatic heterocycles. The maximum absolute atomic E-state index is 12.4. The minimum Gasteiger partial charge on any atom is -0.465 e. The van der Waals surface area contributed by atoms with Crippen LogP contribution in [-0.2, 0) is 26.0 Å². The third-order valence-electron chi connectivity index (χ3n) is 5.22. The highest BCUT2D eigenvalue weighted by molar-refractivity contribution is 7.91. The summed E-state index contributed by atoms with van der Waals surface area (Å²) < 4.78 is 24.7. The van der Waals surface area contributed by atoms with Gasteiger partial charge in [0.15, 0.2) is 15.6 Å². The van der Waals surface area contributed by atoms with Crippen molar-refractivity contribution in [2.45, 2.75) is 11.4 Å². The molecule has 4 N–H and O–H groups in total. The number of ketones is 1. The molecule has 0 fully saturated rings. The van der Waals surface area contributed by atoms with Gasteiger partial charge in [0.05, 0.1) is 42.6 Å². The van der Waals surface area contributed by atoms with Crippen LogP contribution in [-0.4, -0.2) is 80.6 Å². The van der Waals surface area contributed by atoms with Crippen molar-refractivity contribution < 1.29 is 27.9 Å². The van der Waals surface area contributed by atoms with Gasteiger partial charge in [-0.1, -0.05) is 47.5 Å². The van der Waals surface area contributed by atoms with Crippen LogP contribution >= 0.6 is 23.2 Å². The molecular formula is C23H25Cl2N5O6S. The van der Waals surface area contributed by atoms with Crippen LogP contribution in [0.25, 0.3) is 0 Å². The van der Waals surface area contributed by atoms with Crippen molar-refractivity contribution in [3.63, 3.8) is 0 Å². The number of nitrogens with zero attached hydrogens (tertiary/aromatic N) is 2. The molecule has 0 unspecified atom stereocenters. The molecule has 3 rings (SSSR count). The summed E-state index contributed by atoms with van der Waals surface area (Å²) in [4.78, 5) is 40.6. The molecule has 198 valence electrons. The molecule has 14 heteroatoms. The van der Waals surface area contributed by atoms with Gasteiger partial charge in [-0.05, 0) is 23.8 Å². The van der Waals surface area contributed by atoms with E-state index in [4.69, 9.17) is 23.2 Å². The first kappa shape index (κ1) is 28.5. The second-order valence-corrected chi connectivity index (χ2v) is 10.8. The number of hydrogen-bond acceptors (Lipinski definition) is 8. The number of amides is 2. The van der Waals surface area contributed by atoms with Gasteiger partial charge in [-0.2, -0.15) is 0 Å². The number of carbonyl (C=O) groups is 3. The molecule has 1 aliphatic rings. The van der Waals surface area contributed by atoms with Crippen LogP contribution in [0.1, 0.15) is 11.1 Å². The number of benzene rings is 2. The first-order valence-electron chi connectivity index (χ1n) is 11.1. The molecule has 1 heterocycles. The number of rotatable bonds is 12. The lowest BCUT2D eigenvalue weighted by Crippen LogP contribution is -2.40. The summed E-state index contributed by atoms with van der Waals surface area (Å²) in [6.07, 6.45) is -1.05. The van der Waals surface area contributed by atoms with E-state index >= 15 is 0 Å². The molecule has 2 aromatic carbocycles. The fourth-order valence-electron chi connectivity index (χ4n) is 3.42. The summed E-state index contributed by atoms with van der Waals surface area (Å²) in [5.74, 6) is -0.897. The third-order valence-corrected chi connectivity index (χ3v) is 7.49. The van der Waals surface area contributed by atoms with Crippen molar-refractivity contribution >= 4 is 56.7 Å². The molecule has 0 saturated heterocycles. The Hall–Kier alpha value is -3.03. The predicted molar refractivity (Wildman–Crippen MR) is 139 cm³/mol. The van der Waals surface area contributed by atoms with Crippen molar-refractivity contribution in [2.75, 3.05) is 38.6 Å². The summed E-state index contributed by atoms with van der Waals surface area (Å²) >= 11 is 11.7. The van der Waals surface area contributed by atoms with E-state index in [9.17, 15) is 27.9 Å². The normalized spacial score (nSPS) is 13.4.